The van der Waals surface area contributed by atoms with Crippen molar-refractivity contribution in [3.63, 3.8) is 0 Å². The second kappa shape index (κ2) is 9.49. The van der Waals surface area contributed by atoms with E-state index in [1.54, 1.807) is 13.8 Å². The lowest BCUT2D eigenvalue weighted by molar-refractivity contribution is -0.154. The number of rotatable bonds is 8. The zero-order valence-electron chi connectivity index (χ0n) is 17.4. The third-order valence-electron chi connectivity index (χ3n) is 4.70. The van der Waals surface area contributed by atoms with Crippen LogP contribution in [0.15, 0.2) is 24.4 Å². The molecule has 32 heavy (non-hydrogen) atoms. The molecule has 11 heteroatoms. The Morgan fingerprint density at radius 1 is 1.25 bits per heavy atom. The monoisotopic (exact) mass is 454 g/mol. The van der Waals surface area contributed by atoms with E-state index in [2.05, 4.69) is 25.3 Å². The fourth-order valence-electron chi connectivity index (χ4n) is 2.94. The van der Waals surface area contributed by atoms with E-state index >= 15 is 0 Å². The van der Waals surface area contributed by atoms with Crippen molar-refractivity contribution in [2.75, 3.05) is 11.9 Å². The molecule has 2 heterocycles. The molecule has 1 saturated carbocycles. The van der Waals surface area contributed by atoms with Gasteiger partial charge in [0.05, 0.1) is 6.04 Å². The Hall–Kier alpha value is -3.24. The number of nitrogens with zero attached hydrogens (tertiary/aromatic N) is 2. The number of ether oxygens (including phenoxy) is 1. The van der Waals surface area contributed by atoms with Crippen LogP contribution in [0.5, 0.6) is 5.88 Å². The van der Waals surface area contributed by atoms with Gasteiger partial charge in [-0.25, -0.2) is 14.4 Å². The van der Waals surface area contributed by atoms with Gasteiger partial charge < -0.3 is 15.4 Å². The summed E-state index contributed by atoms with van der Waals surface area (Å²) in [5.41, 5.74) is 0.995. The van der Waals surface area contributed by atoms with Crippen LogP contribution in [-0.4, -0.2) is 34.6 Å². The first kappa shape index (κ1) is 23.4. The molecule has 0 aliphatic heterocycles. The number of aromatic nitrogens is 2. The summed E-state index contributed by atoms with van der Waals surface area (Å²) in [5.74, 6) is -1.86. The summed E-state index contributed by atoms with van der Waals surface area (Å²) in [6, 6.07) is 3.21. The van der Waals surface area contributed by atoms with Crippen molar-refractivity contribution >= 4 is 17.6 Å². The standard InChI is InChI=1S/C21H22F4N4O3/c1-11-5-14(8-17(27-11)29-18(30)6-13-3-4-13)19(31)28-12(2)15-7-16(22)20(26-9-15)32-10-21(23,24)25/h5,7-9,12-13H,3-4,6,10H2,1-2H3,(H,28,31)(H,27,29,30). The lowest BCUT2D eigenvalue weighted by Gasteiger charge is -2.16. The van der Waals surface area contributed by atoms with Crippen LogP contribution in [-0.2, 0) is 4.79 Å². The SMILES string of the molecule is Cc1cc(C(=O)NC(C)c2cnc(OCC(F)(F)F)c(F)c2)cc(NC(=O)CC2CC2)n1. The number of alkyl halides is 3. The number of pyridine rings is 2. The molecular weight excluding hydrogens is 432 g/mol. The van der Waals surface area contributed by atoms with Crippen LogP contribution >= 0.6 is 0 Å². The fraction of sp³-hybridized carbons (Fsp3) is 0.429. The number of amides is 2. The van der Waals surface area contributed by atoms with Crippen molar-refractivity contribution in [1.82, 2.24) is 15.3 Å². The minimum absolute atomic E-state index is 0.167. The molecular formula is C21H22F4N4O3. The van der Waals surface area contributed by atoms with Crippen LogP contribution in [0.3, 0.4) is 0 Å². The molecule has 0 radical (unpaired) electrons. The molecule has 2 amide bonds. The molecule has 172 valence electrons. The fourth-order valence-corrected chi connectivity index (χ4v) is 2.94. The molecule has 7 nitrogen and oxygen atoms in total. The van der Waals surface area contributed by atoms with Gasteiger partial charge in [0, 0.05) is 23.9 Å². The number of anilines is 1. The van der Waals surface area contributed by atoms with Gasteiger partial charge in [-0.05, 0) is 56.4 Å². The van der Waals surface area contributed by atoms with Crippen molar-refractivity contribution in [2.24, 2.45) is 5.92 Å². The Balaban J connectivity index is 1.64. The van der Waals surface area contributed by atoms with Gasteiger partial charge in [0.15, 0.2) is 12.4 Å². The summed E-state index contributed by atoms with van der Waals surface area (Å²) in [5, 5.41) is 5.35. The van der Waals surface area contributed by atoms with Crippen LogP contribution < -0.4 is 15.4 Å². The molecule has 1 aliphatic rings. The summed E-state index contributed by atoms with van der Waals surface area (Å²) in [7, 11) is 0. The van der Waals surface area contributed by atoms with Gasteiger partial charge in [0.2, 0.25) is 5.91 Å². The normalized spacial score (nSPS) is 14.6. The highest BCUT2D eigenvalue weighted by molar-refractivity contribution is 5.97. The van der Waals surface area contributed by atoms with E-state index in [1.165, 1.54) is 12.1 Å². The van der Waals surface area contributed by atoms with Crippen LogP contribution in [0.1, 0.15) is 53.8 Å². The summed E-state index contributed by atoms with van der Waals surface area (Å²) >= 11 is 0. The van der Waals surface area contributed by atoms with Gasteiger partial charge in [0.25, 0.3) is 11.8 Å². The average Bonchev–Trinajstić information content (AvgIpc) is 3.49. The lowest BCUT2D eigenvalue weighted by atomic mass is 10.1. The Labute approximate surface area is 181 Å². The molecule has 0 saturated heterocycles. The number of halogens is 4. The van der Waals surface area contributed by atoms with Crippen molar-refractivity contribution in [1.29, 1.82) is 0 Å². The second-order valence-electron chi connectivity index (χ2n) is 7.73. The Morgan fingerprint density at radius 3 is 2.59 bits per heavy atom. The van der Waals surface area contributed by atoms with Crippen molar-refractivity contribution in [3.8, 4) is 5.88 Å². The molecule has 0 bridgehead atoms. The van der Waals surface area contributed by atoms with E-state index in [-0.39, 0.29) is 22.9 Å². The van der Waals surface area contributed by atoms with Crippen LogP contribution in [0.2, 0.25) is 0 Å². The summed E-state index contributed by atoms with van der Waals surface area (Å²) in [6.45, 7) is 1.58. The molecule has 2 aromatic heterocycles. The average molecular weight is 454 g/mol. The molecule has 3 rings (SSSR count). The molecule has 1 unspecified atom stereocenters. The molecule has 1 aliphatic carbocycles. The van der Waals surface area contributed by atoms with Crippen molar-refractivity contribution < 1.29 is 31.9 Å². The first-order chi connectivity index (χ1) is 15.0. The minimum Gasteiger partial charge on any atom is -0.466 e. The molecule has 0 aromatic carbocycles. The first-order valence-corrected chi connectivity index (χ1v) is 9.94. The Morgan fingerprint density at radius 2 is 1.97 bits per heavy atom. The first-order valence-electron chi connectivity index (χ1n) is 9.94. The maximum atomic E-state index is 14.1. The Bertz CT molecular complexity index is 1010. The predicted octanol–water partition coefficient (Wildman–Crippen LogP) is 4.09. The van der Waals surface area contributed by atoms with Crippen LogP contribution in [0.25, 0.3) is 0 Å². The summed E-state index contributed by atoms with van der Waals surface area (Å²) in [4.78, 5) is 32.4. The molecule has 1 atom stereocenters. The summed E-state index contributed by atoms with van der Waals surface area (Å²) in [6.07, 6.45) is -1.01. The van der Waals surface area contributed by atoms with Gasteiger partial charge in [-0.3, -0.25) is 9.59 Å². The lowest BCUT2D eigenvalue weighted by Crippen LogP contribution is -2.27. The van der Waals surface area contributed by atoms with Gasteiger partial charge >= 0.3 is 6.18 Å². The van der Waals surface area contributed by atoms with E-state index in [4.69, 9.17) is 0 Å². The number of aryl methyl sites for hydroxylation is 1. The minimum atomic E-state index is -4.62. The van der Waals surface area contributed by atoms with E-state index in [1.807, 2.05) is 0 Å². The quantitative estimate of drug-likeness (QED) is 0.586. The molecule has 2 N–H and O–H groups in total. The zero-order chi connectivity index (χ0) is 23.5. The third kappa shape index (κ3) is 6.89. The van der Waals surface area contributed by atoms with Crippen molar-refractivity contribution in [3.05, 3.63) is 47.0 Å². The highest BCUT2D eigenvalue weighted by atomic mass is 19.4. The van der Waals surface area contributed by atoms with Gasteiger partial charge in [0.1, 0.15) is 5.82 Å². The topological polar surface area (TPSA) is 93.2 Å². The number of carbonyl (C=O) groups is 2. The van der Waals surface area contributed by atoms with Crippen molar-refractivity contribution in [2.45, 2.75) is 45.3 Å². The van der Waals surface area contributed by atoms with E-state index in [0.29, 0.717) is 18.0 Å². The second-order valence-corrected chi connectivity index (χ2v) is 7.73. The molecule has 0 spiro atoms. The van der Waals surface area contributed by atoms with Gasteiger partial charge in [-0.2, -0.15) is 13.2 Å². The molecule has 1 fully saturated rings. The number of hydrogen-bond donors (Lipinski definition) is 2. The number of hydrogen-bond acceptors (Lipinski definition) is 5. The molecule has 2 aromatic rings. The third-order valence-corrected chi connectivity index (χ3v) is 4.70. The zero-order valence-corrected chi connectivity index (χ0v) is 17.4. The van der Waals surface area contributed by atoms with Gasteiger partial charge in [-0.1, -0.05) is 0 Å². The smallest absolute Gasteiger partial charge is 0.422 e. The summed E-state index contributed by atoms with van der Waals surface area (Å²) < 4.78 is 55.0. The van der Waals surface area contributed by atoms with E-state index in [9.17, 15) is 27.2 Å². The maximum Gasteiger partial charge on any atom is 0.422 e. The van der Waals surface area contributed by atoms with Crippen LogP contribution in [0, 0.1) is 18.7 Å². The largest absolute Gasteiger partial charge is 0.466 e. The highest BCUT2D eigenvalue weighted by Crippen LogP contribution is 2.32. The van der Waals surface area contributed by atoms with E-state index in [0.717, 1.165) is 25.1 Å². The number of carbonyl (C=O) groups excluding carboxylic acids is 2. The predicted molar refractivity (Wildman–Crippen MR) is 107 cm³/mol. The van der Waals surface area contributed by atoms with E-state index < -0.39 is 36.4 Å². The maximum absolute atomic E-state index is 14.1. The number of nitrogens with one attached hydrogen (secondary N) is 2. The van der Waals surface area contributed by atoms with Gasteiger partial charge in [-0.15, -0.1) is 0 Å². The Kier molecular flexibility index (Phi) is 6.95. The highest BCUT2D eigenvalue weighted by Gasteiger charge is 2.29. The van der Waals surface area contributed by atoms with Crippen LogP contribution in [0.4, 0.5) is 23.4 Å².